The van der Waals surface area contributed by atoms with E-state index in [0.717, 1.165) is 17.1 Å². The lowest BCUT2D eigenvalue weighted by atomic mass is 10.2. The van der Waals surface area contributed by atoms with Crippen LogP contribution in [-0.4, -0.2) is 44.3 Å². The lowest BCUT2D eigenvalue weighted by Gasteiger charge is -2.12. The standard InChI is InChI=1S/C15H24N2O3S.ClH/c1-19-7-8-20-13-5-3-4-12(10-13)11-17-15(18)14(16)6-9-21-2;/h3-5,10,14H,6-9,11,16H2,1-2H3,(H,17,18);1H/t14-;/m0./s1. The third-order valence-corrected chi connectivity index (χ3v) is 3.54. The molecule has 0 bridgehead atoms. The molecule has 1 aromatic rings. The van der Waals surface area contributed by atoms with E-state index in [1.165, 1.54) is 0 Å². The van der Waals surface area contributed by atoms with E-state index in [9.17, 15) is 4.79 Å². The first-order chi connectivity index (χ1) is 10.2. The molecule has 0 spiro atoms. The number of carbonyl (C=O) groups excluding carboxylic acids is 1. The molecule has 0 aliphatic carbocycles. The topological polar surface area (TPSA) is 73.6 Å². The Kier molecular flexibility index (Phi) is 12.0. The molecule has 0 saturated heterocycles. The molecule has 0 aliphatic heterocycles. The van der Waals surface area contributed by atoms with Crippen LogP contribution in [-0.2, 0) is 16.1 Å². The number of amides is 1. The quantitative estimate of drug-likeness (QED) is 0.631. The maximum atomic E-state index is 11.8. The molecule has 0 heterocycles. The summed E-state index contributed by atoms with van der Waals surface area (Å²) in [7, 11) is 1.63. The largest absolute Gasteiger partial charge is 0.491 e. The second-order valence-corrected chi connectivity index (χ2v) is 5.58. The molecule has 1 amide bonds. The number of thioether (sulfide) groups is 1. The highest BCUT2D eigenvalue weighted by atomic mass is 35.5. The van der Waals surface area contributed by atoms with Crippen LogP contribution in [0.1, 0.15) is 12.0 Å². The van der Waals surface area contributed by atoms with E-state index in [0.29, 0.717) is 26.2 Å². The molecular formula is C15H25ClN2O3S. The van der Waals surface area contributed by atoms with Crippen LogP contribution in [0.15, 0.2) is 24.3 Å². The van der Waals surface area contributed by atoms with Gasteiger partial charge in [0.1, 0.15) is 12.4 Å². The summed E-state index contributed by atoms with van der Waals surface area (Å²) >= 11 is 1.69. The first-order valence-electron chi connectivity index (χ1n) is 6.90. The number of ether oxygens (including phenoxy) is 2. The van der Waals surface area contributed by atoms with Gasteiger partial charge >= 0.3 is 0 Å². The summed E-state index contributed by atoms with van der Waals surface area (Å²) in [4.78, 5) is 11.8. The van der Waals surface area contributed by atoms with Crippen LogP contribution in [0.3, 0.4) is 0 Å². The summed E-state index contributed by atoms with van der Waals surface area (Å²) in [6.45, 7) is 1.50. The van der Waals surface area contributed by atoms with E-state index in [-0.39, 0.29) is 18.3 Å². The second-order valence-electron chi connectivity index (χ2n) is 4.59. The van der Waals surface area contributed by atoms with E-state index in [4.69, 9.17) is 15.2 Å². The van der Waals surface area contributed by atoms with Crippen molar-refractivity contribution in [1.29, 1.82) is 0 Å². The molecule has 1 rings (SSSR count). The van der Waals surface area contributed by atoms with Gasteiger partial charge in [-0.1, -0.05) is 12.1 Å². The number of hydrogen-bond acceptors (Lipinski definition) is 5. The predicted octanol–water partition coefficient (Wildman–Crippen LogP) is 1.83. The van der Waals surface area contributed by atoms with Crippen LogP contribution in [0.2, 0.25) is 0 Å². The average Bonchev–Trinajstić information content (AvgIpc) is 2.51. The Bertz CT molecular complexity index is 435. The summed E-state index contributed by atoms with van der Waals surface area (Å²) in [6, 6.07) is 7.18. The fraction of sp³-hybridized carbons (Fsp3) is 0.533. The first-order valence-corrected chi connectivity index (χ1v) is 8.29. The molecule has 0 fully saturated rings. The maximum absolute atomic E-state index is 11.8. The number of rotatable bonds is 10. The summed E-state index contributed by atoms with van der Waals surface area (Å²) < 4.78 is 10.5. The fourth-order valence-corrected chi connectivity index (χ4v) is 2.17. The van der Waals surface area contributed by atoms with Crippen LogP contribution in [0.25, 0.3) is 0 Å². The molecule has 5 nitrogen and oxygen atoms in total. The average molecular weight is 349 g/mol. The van der Waals surface area contributed by atoms with Gasteiger partial charge in [-0.05, 0) is 36.1 Å². The highest BCUT2D eigenvalue weighted by molar-refractivity contribution is 7.98. The molecule has 0 saturated carbocycles. The number of carbonyl (C=O) groups is 1. The first kappa shape index (κ1) is 21.0. The van der Waals surface area contributed by atoms with Gasteiger partial charge in [0.2, 0.25) is 5.91 Å². The van der Waals surface area contributed by atoms with Gasteiger partial charge in [-0.3, -0.25) is 4.79 Å². The molecule has 3 N–H and O–H groups in total. The van der Waals surface area contributed by atoms with Crippen molar-refractivity contribution in [3.05, 3.63) is 29.8 Å². The second kappa shape index (κ2) is 12.6. The van der Waals surface area contributed by atoms with Gasteiger partial charge < -0.3 is 20.5 Å². The normalized spacial score (nSPS) is 11.4. The molecule has 1 atom stereocenters. The summed E-state index contributed by atoms with van der Waals surface area (Å²) in [6.07, 6.45) is 2.69. The van der Waals surface area contributed by atoms with Crippen molar-refractivity contribution in [2.75, 3.05) is 32.3 Å². The maximum Gasteiger partial charge on any atom is 0.237 e. The highest BCUT2D eigenvalue weighted by Gasteiger charge is 2.12. The lowest BCUT2D eigenvalue weighted by molar-refractivity contribution is -0.122. The molecule has 22 heavy (non-hydrogen) atoms. The zero-order valence-corrected chi connectivity index (χ0v) is 14.7. The minimum Gasteiger partial charge on any atom is -0.491 e. The molecule has 0 unspecified atom stereocenters. The number of nitrogens with one attached hydrogen (secondary N) is 1. The third kappa shape index (κ3) is 8.48. The van der Waals surface area contributed by atoms with Crippen LogP contribution >= 0.6 is 24.2 Å². The van der Waals surface area contributed by atoms with Gasteiger partial charge in [0.15, 0.2) is 0 Å². The van der Waals surface area contributed by atoms with Crippen molar-refractivity contribution in [3.63, 3.8) is 0 Å². The van der Waals surface area contributed by atoms with Gasteiger partial charge in [0, 0.05) is 13.7 Å². The third-order valence-electron chi connectivity index (χ3n) is 2.89. The molecule has 0 aromatic heterocycles. The van der Waals surface area contributed by atoms with Gasteiger partial charge in [0.25, 0.3) is 0 Å². The predicted molar refractivity (Wildman–Crippen MR) is 93.9 cm³/mol. The van der Waals surface area contributed by atoms with E-state index < -0.39 is 6.04 Å². The van der Waals surface area contributed by atoms with Gasteiger partial charge in [-0.2, -0.15) is 11.8 Å². The summed E-state index contributed by atoms with van der Waals surface area (Å²) in [5, 5.41) is 2.85. The molecule has 0 radical (unpaired) electrons. The number of nitrogens with two attached hydrogens (primary N) is 1. The summed E-state index contributed by atoms with van der Waals surface area (Å²) in [5.74, 6) is 1.54. The monoisotopic (exact) mass is 348 g/mol. The Morgan fingerprint density at radius 2 is 2.18 bits per heavy atom. The Morgan fingerprint density at radius 3 is 2.86 bits per heavy atom. The van der Waals surface area contributed by atoms with E-state index in [2.05, 4.69) is 5.32 Å². The van der Waals surface area contributed by atoms with E-state index in [1.54, 1.807) is 18.9 Å². The Labute approximate surface area is 142 Å². The Hall–Kier alpha value is -0.950. The van der Waals surface area contributed by atoms with Gasteiger partial charge in [0.05, 0.1) is 12.6 Å². The Morgan fingerprint density at radius 1 is 1.41 bits per heavy atom. The molecule has 1 aromatic carbocycles. The SMILES string of the molecule is COCCOc1cccc(CNC(=O)[C@@H](N)CCSC)c1.Cl. The molecule has 126 valence electrons. The van der Waals surface area contributed by atoms with E-state index in [1.807, 2.05) is 30.5 Å². The van der Waals surface area contributed by atoms with Crippen molar-refractivity contribution in [2.45, 2.75) is 19.0 Å². The number of halogens is 1. The number of benzene rings is 1. The lowest BCUT2D eigenvalue weighted by Crippen LogP contribution is -2.40. The van der Waals surface area contributed by atoms with Crippen molar-refractivity contribution < 1.29 is 14.3 Å². The van der Waals surface area contributed by atoms with Crippen LogP contribution < -0.4 is 15.8 Å². The highest BCUT2D eigenvalue weighted by Crippen LogP contribution is 2.13. The number of methoxy groups -OCH3 is 1. The van der Waals surface area contributed by atoms with Crippen molar-refractivity contribution >= 4 is 30.1 Å². The van der Waals surface area contributed by atoms with Gasteiger partial charge in [-0.25, -0.2) is 0 Å². The van der Waals surface area contributed by atoms with Gasteiger partial charge in [-0.15, -0.1) is 12.4 Å². The molecular weight excluding hydrogens is 324 g/mol. The minimum atomic E-state index is -0.446. The molecule has 0 aliphatic rings. The van der Waals surface area contributed by atoms with Crippen molar-refractivity contribution in [2.24, 2.45) is 5.73 Å². The van der Waals surface area contributed by atoms with Crippen molar-refractivity contribution in [1.82, 2.24) is 5.32 Å². The van der Waals surface area contributed by atoms with Crippen LogP contribution in [0, 0.1) is 0 Å². The minimum absolute atomic E-state index is 0. The fourth-order valence-electron chi connectivity index (χ4n) is 1.68. The summed E-state index contributed by atoms with van der Waals surface area (Å²) in [5.41, 5.74) is 6.80. The van der Waals surface area contributed by atoms with Crippen LogP contribution in [0.5, 0.6) is 5.75 Å². The Balaban J connectivity index is 0.00000441. The zero-order chi connectivity index (χ0) is 15.5. The number of hydrogen-bond donors (Lipinski definition) is 2. The smallest absolute Gasteiger partial charge is 0.237 e. The van der Waals surface area contributed by atoms with Crippen LogP contribution in [0.4, 0.5) is 0 Å². The van der Waals surface area contributed by atoms with E-state index >= 15 is 0 Å². The molecule has 7 heteroatoms. The zero-order valence-electron chi connectivity index (χ0n) is 13.0. The van der Waals surface area contributed by atoms with Crippen molar-refractivity contribution in [3.8, 4) is 5.75 Å².